The van der Waals surface area contributed by atoms with Gasteiger partial charge in [-0.1, -0.05) is 6.07 Å². The minimum absolute atomic E-state index is 0.0939. The van der Waals surface area contributed by atoms with Crippen LogP contribution in [0.4, 0.5) is 11.4 Å². The summed E-state index contributed by atoms with van der Waals surface area (Å²) in [5, 5.41) is 26.2. The van der Waals surface area contributed by atoms with E-state index < -0.39 is 15.5 Å². The van der Waals surface area contributed by atoms with Crippen LogP contribution in [0.5, 0.6) is 23.0 Å². The van der Waals surface area contributed by atoms with Crippen molar-refractivity contribution in [1.82, 2.24) is 5.43 Å². The van der Waals surface area contributed by atoms with Crippen LogP contribution in [0.15, 0.2) is 65.8 Å². The van der Waals surface area contributed by atoms with Crippen molar-refractivity contribution >= 4 is 17.6 Å². The number of ether oxygens (including phenoxy) is 3. The van der Waals surface area contributed by atoms with Crippen molar-refractivity contribution in [2.24, 2.45) is 5.10 Å². The number of nitrogens with zero attached hydrogens (tertiary/aromatic N) is 3. The minimum atomic E-state index is -0.729. The van der Waals surface area contributed by atoms with Gasteiger partial charge in [0.15, 0.2) is 11.5 Å². The van der Waals surface area contributed by atoms with E-state index >= 15 is 0 Å². The molecule has 0 spiro atoms. The van der Waals surface area contributed by atoms with E-state index in [2.05, 4.69) is 10.5 Å². The van der Waals surface area contributed by atoms with Gasteiger partial charge >= 0.3 is 5.69 Å². The third-order valence-electron chi connectivity index (χ3n) is 4.49. The number of nitro groups is 2. The molecule has 11 heteroatoms. The number of methoxy groups -OCH3 is 2. The molecule has 0 saturated heterocycles. The van der Waals surface area contributed by atoms with E-state index in [9.17, 15) is 20.2 Å². The molecule has 11 nitrogen and oxygen atoms in total. The quantitative estimate of drug-likeness (QED) is 0.271. The summed E-state index contributed by atoms with van der Waals surface area (Å²) in [5.74, 6) is 1.52. The van der Waals surface area contributed by atoms with Gasteiger partial charge in [0, 0.05) is 6.07 Å². The fourth-order valence-corrected chi connectivity index (χ4v) is 2.84. The fourth-order valence-electron chi connectivity index (χ4n) is 2.84. The Morgan fingerprint density at radius 3 is 2.21 bits per heavy atom. The Morgan fingerprint density at radius 1 is 0.879 bits per heavy atom. The van der Waals surface area contributed by atoms with E-state index in [1.165, 1.54) is 6.07 Å². The third kappa shape index (κ3) is 5.94. The van der Waals surface area contributed by atoms with Gasteiger partial charge in [0.25, 0.3) is 5.69 Å². The molecule has 3 aromatic rings. The first kappa shape index (κ1) is 23.0. The summed E-state index contributed by atoms with van der Waals surface area (Å²) >= 11 is 0. The molecule has 0 atom stereocenters. The molecule has 1 N–H and O–H groups in total. The van der Waals surface area contributed by atoms with E-state index in [1.807, 2.05) is 18.2 Å². The lowest BCUT2D eigenvalue weighted by atomic mass is 10.2. The summed E-state index contributed by atoms with van der Waals surface area (Å²) in [6.45, 7) is 0.474. The second-order valence-electron chi connectivity index (χ2n) is 6.62. The Hall–Kier alpha value is -4.67. The Labute approximate surface area is 188 Å². The highest BCUT2D eigenvalue weighted by Gasteiger charge is 2.21. The van der Waals surface area contributed by atoms with Crippen LogP contribution in [-0.2, 0) is 6.54 Å². The van der Waals surface area contributed by atoms with Crippen LogP contribution in [0.3, 0.4) is 0 Å². The monoisotopic (exact) mass is 452 g/mol. The van der Waals surface area contributed by atoms with Crippen molar-refractivity contribution in [2.75, 3.05) is 14.2 Å². The Kier molecular flexibility index (Phi) is 7.37. The zero-order valence-electron chi connectivity index (χ0n) is 17.8. The van der Waals surface area contributed by atoms with Gasteiger partial charge in [-0.25, -0.2) is 0 Å². The van der Waals surface area contributed by atoms with Gasteiger partial charge in [-0.3, -0.25) is 20.2 Å². The molecule has 0 unspecified atom stereocenters. The number of nitro benzene ring substituents is 2. The fraction of sp³-hybridized carbons (Fsp3) is 0.136. The van der Waals surface area contributed by atoms with Crippen LogP contribution < -0.4 is 19.6 Å². The summed E-state index contributed by atoms with van der Waals surface area (Å²) < 4.78 is 16.0. The van der Waals surface area contributed by atoms with Gasteiger partial charge in [-0.15, -0.1) is 0 Å². The average Bonchev–Trinajstić information content (AvgIpc) is 2.82. The number of hydrogen-bond acceptors (Lipinski definition) is 9. The molecule has 0 aliphatic carbocycles. The highest BCUT2D eigenvalue weighted by molar-refractivity contribution is 5.79. The first-order valence-corrected chi connectivity index (χ1v) is 9.59. The maximum absolute atomic E-state index is 11.2. The standard InChI is InChI=1S/C22H20N4O7/c1-31-21-9-5-16(11-22(21)32-2)14-24-23-13-15-3-7-18(8-4-15)33-20-10-6-17(25(27)28)12-19(20)26(29)30/h3-13,24H,14H2,1-2H3/b23-13-. The van der Waals surface area contributed by atoms with Crippen molar-refractivity contribution in [1.29, 1.82) is 0 Å². The Balaban J connectivity index is 1.61. The molecule has 0 aliphatic rings. The maximum Gasteiger partial charge on any atom is 0.318 e. The summed E-state index contributed by atoms with van der Waals surface area (Å²) in [6, 6.07) is 15.4. The van der Waals surface area contributed by atoms with Gasteiger partial charge in [-0.2, -0.15) is 5.10 Å². The first-order chi connectivity index (χ1) is 15.9. The molecular formula is C22H20N4O7. The molecule has 33 heavy (non-hydrogen) atoms. The average molecular weight is 452 g/mol. The van der Waals surface area contributed by atoms with Crippen LogP contribution in [-0.4, -0.2) is 30.3 Å². The number of rotatable bonds is 10. The van der Waals surface area contributed by atoms with E-state index in [0.29, 0.717) is 23.8 Å². The largest absolute Gasteiger partial charge is 0.493 e. The SMILES string of the molecule is COc1ccc(CN/N=C\c2ccc(Oc3ccc([N+](=O)[O-])cc3[N+](=O)[O-])cc2)cc1OC. The molecule has 0 aliphatic heterocycles. The first-order valence-electron chi connectivity index (χ1n) is 9.59. The van der Waals surface area contributed by atoms with Crippen LogP contribution in [0.1, 0.15) is 11.1 Å². The maximum atomic E-state index is 11.2. The third-order valence-corrected chi connectivity index (χ3v) is 4.49. The summed E-state index contributed by atoms with van der Waals surface area (Å²) in [4.78, 5) is 20.6. The van der Waals surface area contributed by atoms with Crippen molar-refractivity contribution < 1.29 is 24.1 Å². The topological polar surface area (TPSA) is 138 Å². The van der Waals surface area contributed by atoms with Crippen LogP contribution in [0.25, 0.3) is 0 Å². The summed E-state index contributed by atoms with van der Waals surface area (Å²) in [6.07, 6.45) is 1.61. The molecular weight excluding hydrogens is 432 g/mol. The number of hydrazone groups is 1. The predicted octanol–water partition coefficient (Wildman–Crippen LogP) is 4.44. The highest BCUT2D eigenvalue weighted by Crippen LogP contribution is 2.34. The lowest BCUT2D eigenvalue weighted by molar-refractivity contribution is -0.394. The molecule has 0 radical (unpaired) electrons. The second kappa shape index (κ2) is 10.6. The van der Waals surface area contributed by atoms with Crippen molar-refractivity contribution in [3.05, 3.63) is 92.0 Å². The van der Waals surface area contributed by atoms with Crippen molar-refractivity contribution in [3.8, 4) is 23.0 Å². The Morgan fingerprint density at radius 2 is 1.58 bits per heavy atom. The number of nitrogens with one attached hydrogen (secondary N) is 1. The molecule has 0 bridgehead atoms. The lowest BCUT2D eigenvalue weighted by Crippen LogP contribution is -2.06. The number of benzene rings is 3. The smallest absolute Gasteiger partial charge is 0.318 e. The molecule has 3 aromatic carbocycles. The predicted molar refractivity (Wildman–Crippen MR) is 120 cm³/mol. The molecule has 0 heterocycles. The normalized spacial score (nSPS) is 10.6. The Bertz CT molecular complexity index is 1180. The molecule has 0 amide bonds. The van der Waals surface area contributed by atoms with Gasteiger partial charge < -0.3 is 19.6 Å². The number of non-ortho nitro benzene ring substituents is 1. The molecule has 170 valence electrons. The number of hydrogen-bond donors (Lipinski definition) is 1. The van der Waals surface area contributed by atoms with Gasteiger partial charge in [0.1, 0.15) is 5.75 Å². The van der Waals surface area contributed by atoms with Crippen LogP contribution in [0, 0.1) is 20.2 Å². The summed E-state index contributed by atoms with van der Waals surface area (Å²) in [5.41, 5.74) is 3.78. The molecule has 3 rings (SSSR count). The van der Waals surface area contributed by atoms with Crippen molar-refractivity contribution in [2.45, 2.75) is 6.54 Å². The second-order valence-corrected chi connectivity index (χ2v) is 6.62. The van der Waals surface area contributed by atoms with Crippen molar-refractivity contribution in [3.63, 3.8) is 0 Å². The lowest BCUT2D eigenvalue weighted by Gasteiger charge is -2.09. The van der Waals surface area contributed by atoms with E-state index in [1.54, 1.807) is 44.7 Å². The van der Waals surface area contributed by atoms with E-state index in [0.717, 1.165) is 23.3 Å². The summed E-state index contributed by atoms with van der Waals surface area (Å²) in [7, 11) is 3.14. The van der Waals surface area contributed by atoms with Gasteiger partial charge in [0.2, 0.25) is 5.75 Å². The van der Waals surface area contributed by atoms with E-state index in [-0.39, 0.29) is 11.4 Å². The molecule has 0 fully saturated rings. The van der Waals surface area contributed by atoms with Crippen LogP contribution >= 0.6 is 0 Å². The minimum Gasteiger partial charge on any atom is -0.493 e. The molecule has 0 aromatic heterocycles. The molecule has 0 saturated carbocycles. The van der Waals surface area contributed by atoms with E-state index in [4.69, 9.17) is 14.2 Å². The highest BCUT2D eigenvalue weighted by atomic mass is 16.6. The van der Waals surface area contributed by atoms with Crippen LogP contribution in [0.2, 0.25) is 0 Å². The van der Waals surface area contributed by atoms with Gasteiger partial charge in [-0.05, 0) is 53.6 Å². The zero-order chi connectivity index (χ0) is 23.8. The zero-order valence-corrected chi connectivity index (χ0v) is 17.8. The van der Waals surface area contributed by atoms with Gasteiger partial charge in [0.05, 0.1) is 42.9 Å².